The Kier molecular flexibility index (Phi) is 5.47. The molecule has 3 amide bonds. The molecule has 4 N–H and O–H groups in total. The number of H-pyrrole nitrogens is 1. The van der Waals surface area contributed by atoms with Crippen LogP contribution in [0.25, 0.3) is 22.2 Å². The summed E-state index contributed by atoms with van der Waals surface area (Å²) in [4.78, 5) is 38.8. The molecule has 8 heteroatoms. The lowest BCUT2D eigenvalue weighted by molar-refractivity contribution is -0.141. The average molecular weight is 408 g/mol. The molecule has 0 bridgehead atoms. The number of aromatic amines is 1. The highest BCUT2D eigenvalue weighted by molar-refractivity contribution is 6.35. The Hall–Kier alpha value is -3.68. The molecule has 0 atom stereocenters. The number of nitrogens with one attached hydrogen (secondary N) is 4. The molecule has 2 aromatic carbocycles. The van der Waals surface area contributed by atoms with Crippen molar-refractivity contribution in [3.05, 3.63) is 59.9 Å². The maximum atomic E-state index is 13.8. The predicted octanol–water partition coefficient (Wildman–Crippen LogP) is 2.33. The molecule has 0 saturated heterocycles. The summed E-state index contributed by atoms with van der Waals surface area (Å²) >= 11 is 0. The van der Waals surface area contributed by atoms with Gasteiger partial charge in [0.1, 0.15) is 5.82 Å². The van der Waals surface area contributed by atoms with Crippen molar-refractivity contribution in [2.75, 3.05) is 0 Å². The summed E-state index contributed by atoms with van der Waals surface area (Å²) < 4.78 is 13.8. The molecule has 0 unspecified atom stereocenters. The number of benzene rings is 2. The number of carbonyl (C=O) groups excluding carboxylic acids is 3. The van der Waals surface area contributed by atoms with Gasteiger partial charge in [-0.3, -0.25) is 25.2 Å². The zero-order valence-corrected chi connectivity index (χ0v) is 16.1. The second-order valence-corrected chi connectivity index (χ2v) is 7.28. The van der Waals surface area contributed by atoms with Crippen LogP contribution < -0.4 is 16.2 Å². The molecule has 1 saturated carbocycles. The van der Waals surface area contributed by atoms with Crippen LogP contribution in [0.5, 0.6) is 0 Å². The number of carbonyl (C=O) groups is 3. The molecular formula is C22H21FN4O3. The molecule has 4 rings (SSSR count). The highest BCUT2D eigenvalue weighted by Gasteiger charge is 2.26. The van der Waals surface area contributed by atoms with Gasteiger partial charge in [0.25, 0.3) is 0 Å². The summed E-state index contributed by atoms with van der Waals surface area (Å²) in [6.45, 7) is 0. The summed E-state index contributed by atoms with van der Waals surface area (Å²) in [6.07, 6.45) is 2.10. The number of hydrazine groups is 1. The van der Waals surface area contributed by atoms with Gasteiger partial charge < -0.3 is 10.3 Å². The van der Waals surface area contributed by atoms with Crippen molar-refractivity contribution >= 4 is 28.6 Å². The van der Waals surface area contributed by atoms with Crippen LogP contribution in [0, 0.1) is 5.82 Å². The first-order valence-corrected chi connectivity index (χ1v) is 9.76. The highest BCUT2D eigenvalue weighted by Crippen LogP contribution is 2.31. The van der Waals surface area contributed by atoms with Crippen LogP contribution in [0.1, 0.15) is 24.8 Å². The number of halogens is 1. The van der Waals surface area contributed by atoms with Crippen molar-refractivity contribution in [3.8, 4) is 11.3 Å². The van der Waals surface area contributed by atoms with Gasteiger partial charge in [-0.2, -0.15) is 0 Å². The zero-order valence-electron chi connectivity index (χ0n) is 16.1. The third-order valence-electron chi connectivity index (χ3n) is 4.97. The van der Waals surface area contributed by atoms with E-state index in [9.17, 15) is 18.8 Å². The number of aryl methyl sites for hydroxylation is 1. The van der Waals surface area contributed by atoms with E-state index in [1.54, 1.807) is 6.07 Å². The van der Waals surface area contributed by atoms with E-state index in [1.807, 2.05) is 30.3 Å². The van der Waals surface area contributed by atoms with Gasteiger partial charge >= 0.3 is 11.8 Å². The van der Waals surface area contributed by atoms with Gasteiger partial charge in [0.15, 0.2) is 0 Å². The summed E-state index contributed by atoms with van der Waals surface area (Å²) in [7, 11) is 0. The van der Waals surface area contributed by atoms with Gasteiger partial charge in [-0.1, -0.05) is 30.3 Å². The molecule has 154 valence electrons. The molecule has 1 fully saturated rings. The molecule has 0 radical (unpaired) electrons. The fraction of sp³-hybridized carbons (Fsp3) is 0.227. The molecule has 1 heterocycles. The van der Waals surface area contributed by atoms with Crippen LogP contribution >= 0.6 is 0 Å². The van der Waals surface area contributed by atoms with E-state index in [2.05, 4.69) is 21.2 Å². The molecule has 7 nitrogen and oxygen atoms in total. The van der Waals surface area contributed by atoms with E-state index in [0.717, 1.165) is 35.2 Å². The van der Waals surface area contributed by atoms with Gasteiger partial charge in [-0.25, -0.2) is 4.39 Å². The first-order valence-electron chi connectivity index (χ1n) is 9.76. The Bertz CT molecular complexity index is 1110. The van der Waals surface area contributed by atoms with Gasteiger partial charge in [0.05, 0.1) is 0 Å². The lowest BCUT2D eigenvalue weighted by atomic mass is 10.0. The first kappa shape index (κ1) is 19.6. The van der Waals surface area contributed by atoms with E-state index in [0.29, 0.717) is 11.8 Å². The van der Waals surface area contributed by atoms with Crippen LogP contribution in [0.15, 0.2) is 48.5 Å². The summed E-state index contributed by atoms with van der Waals surface area (Å²) in [5.74, 6) is -2.49. The second-order valence-electron chi connectivity index (χ2n) is 7.28. The van der Waals surface area contributed by atoms with E-state index >= 15 is 0 Å². The number of hydrogen-bond donors (Lipinski definition) is 4. The van der Waals surface area contributed by atoms with Crippen molar-refractivity contribution in [2.24, 2.45) is 0 Å². The topological polar surface area (TPSA) is 103 Å². The lowest BCUT2D eigenvalue weighted by Gasteiger charge is -2.08. The number of aromatic nitrogens is 1. The number of rotatable bonds is 5. The molecular weight excluding hydrogens is 387 g/mol. The standard InChI is InChI=1S/C22H21FN4O3/c23-14-6-10-18-17(12-14)16(20(25-18)13-4-2-1-3-5-13)9-11-19(28)26-27-22(30)21(29)24-15-7-8-15/h1-6,10,12,15,25H,7-9,11H2,(H,24,29)(H,26,28)(H,27,30). The molecule has 1 aliphatic carbocycles. The quantitative estimate of drug-likeness (QED) is 0.385. The fourth-order valence-corrected chi connectivity index (χ4v) is 3.29. The van der Waals surface area contributed by atoms with E-state index < -0.39 is 17.7 Å². The Morgan fingerprint density at radius 3 is 2.50 bits per heavy atom. The zero-order chi connectivity index (χ0) is 21.1. The normalized spacial score (nSPS) is 13.1. The molecule has 1 aliphatic rings. The fourth-order valence-electron chi connectivity index (χ4n) is 3.29. The van der Waals surface area contributed by atoms with Crippen molar-refractivity contribution in [2.45, 2.75) is 31.7 Å². The Balaban J connectivity index is 1.45. The third-order valence-corrected chi connectivity index (χ3v) is 4.97. The molecule has 1 aromatic heterocycles. The molecule has 3 aromatic rings. The predicted molar refractivity (Wildman–Crippen MR) is 109 cm³/mol. The van der Waals surface area contributed by atoms with Crippen molar-refractivity contribution < 1.29 is 18.8 Å². The number of fused-ring (bicyclic) bond motifs is 1. The summed E-state index contributed by atoms with van der Waals surface area (Å²) in [5, 5.41) is 3.24. The van der Waals surface area contributed by atoms with Gasteiger partial charge in [0.2, 0.25) is 5.91 Å². The maximum Gasteiger partial charge on any atom is 0.327 e. The van der Waals surface area contributed by atoms with Crippen LogP contribution in [0.3, 0.4) is 0 Å². The van der Waals surface area contributed by atoms with Crippen molar-refractivity contribution in [1.29, 1.82) is 0 Å². The largest absolute Gasteiger partial charge is 0.354 e. The van der Waals surface area contributed by atoms with E-state index in [1.165, 1.54) is 12.1 Å². The average Bonchev–Trinajstić information content (AvgIpc) is 3.49. The number of hydrogen-bond acceptors (Lipinski definition) is 3. The second kappa shape index (κ2) is 8.36. The summed E-state index contributed by atoms with van der Waals surface area (Å²) in [6, 6.07) is 14.1. The lowest BCUT2D eigenvalue weighted by Crippen LogP contribution is -2.49. The van der Waals surface area contributed by atoms with Gasteiger partial charge in [0, 0.05) is 29.1 Å². The maximum absolute atomic E-state index is 13.8. The van der Waals surface area contributed by atoms with E-state index in [4.69, 9.17) is 0 Å². The minimum atomic E-state index is -0.908. The van der Waals surface area contributed by atoms with Gasteiger partial charge in [-0.05, 0) is 48.6 Å². The monoisotopic (exact) mass is 408 g/mol. The van der Waals surface area contributed by atoms with Crippen molar-refractivity contribution in [1.82, 2.24) is 21.2 Å². The smallest absolute Gasteiger partial charge is 0.327 e. The van der Waals surface area contributed by atoms with Crippen molar-refractivity contribution in [3.63, 3.8) is 0 Å². The minimum absolute atomic E-state index is 0.0494. The molecule has 0 aliphatic heterocycles. The third kappa shape index (κ3) is 4.48. The highest BCUT2D eigenvalue weighted by atomic mass is 19.1. The summed E-state index contributed by atoms with van der Waals surface area (Å²) in [5.41, 5.74) is 7.70. The van der Waals surface area contributed by atoms with Crippen LogP contribution in [-0.4, -0.2) is 28.7 Å². The number of amides is 3. The Labute approximate surface area is 172 Å². The SMILES string of the molecule is O=C(CCc1c(-c2ccccc2)[nH]c2ccc(F)cc12)NNC(=O)C(=O)NC1CC1. The van der Waals surface area contributed by atoms with E-state index in [-0.39, 0.29) is 18.3 Å². The minimum Gasteiger partial charge on any atom is -0.354 e. The van der Waals surface area contributed by atoms with Crippen LogP contribution in [0.4, 0.5) is 4.39 Å². The Morgan fingerprint density at radius 2 is 1.77 bits per heavy atom. The molecule has 0 spiro atoms. The first-order chi connectivity index (χ1) is 14.5. The molecule has 30 heavy (non-hydrogen) atoms. The van der Waals surface area contributed by atoms with Gasteiger partial charge in [-0.15, -0.1) is 0 Å². The van der Waals surface area contributed by atoms with Crippen LogP contribution in [-0.2, 0) is 20.8 Å². The van der Waals surface area contributed by atoms with Crippen LogP contribution in [0.2, 0.25) is 0 Å². The Morgan fingerprint density at radius 1 is 1.00 bits per heavy atom.